The molecule has 3 aromatic rings. The number of nitrogens with zero attached hydrogens (tertiary/aromatic N) is 2. The highest BCUT2D eigenvalue weighted by atomic mass is 19.1. The van der Waals surface area contributed by atoms with Crippen molar-refractivity contribution in [3.05, 3.63) is 107 Å². The Morgan fingerprint density at radius 2 is 1.61 bits per heavy atom. The molecular weight excluding hydrogens is 455 g/mol. The molecule has 5 nitrogen and oxygen atoms in total. The Balaban J connectivity index is 1.19. The molecule has 0 radical (unpaired) electrons. The molecule has 3 unspecified atom stereocenters. The van der Waals surface area contributed by atoms with Crippen LogP contribution in [0, 0.1) is 5.82 Å². The summed E-state index contributed by atoms with van der Waals surface area (Å²) in [6, 6.07) is 25.3. The Bertz CT molecular complexity index is 1190. The molecule has 2 fully saturated rings. The van der Waals surface area contributed by atoms with Gasteiger partial charge in [0.1, 0.15) is 11.9 Å². The standard InChI is InChI=1S/C30H31FN2O3/c31-24-12-10-23(11-13-24)29-28-9-5-4-8-22(28)14-15-32(29)30(34)36-27-16-25-19-35-20-26(17-27)33(25)18-21-6-2-1-3-7-21/h1-13,25-27,29H,14-20H2. The monoisotopic (exact) mass is 486 g/mol. The van der Waals surface area contributed by atoms with Crippen LogP contribution in [-0.4, -0.2) is 53.8 Å². The Morgan fingerprint density at radius 1 is 0.917 bits per heavy atom. The first-order chi connectivity index (χ1) is 17.7. The van der Waals surface area contributed by atoms with Crippen LogP contribution in [0.3, 0.4) is 0 Å². The lowest BCUT2D eigenvalue weighted by Gasteiger charge is -2.48. The van der Waals surface area contributed by atoms with Gasteiger partial charge < -0.3 is 9.47 Å². The molecule has 3 heterocycles. The van der Waals surface area contributed by atoms with Gasteiger partial charge in [0, 0.05) is 38.0 Å². The van der Waals surface area contributed by atoms with E-state index >= 15 is 0 Å². The number of morpholine rings is 1. The first kappa shape index (κ1) is 23.2. The Labute approximate surface area is 211 Å². The molecule has 3 atom stereocenters. The molecule has 0 aromatic heterocycles. The highest BCUT2D eigenvalue weighted by Crippen LogP contribution is 2.37. The molecule has 0 spiro atoms. The van der Waals surface area contributed by atoms with E-state index in [4.69, 9.17) is 9.47 Å². The topological polar surface area (TPSA) is 42.0 Å². The molecule has 3 aromatic carbocycles. The van der Waals surface area contributed by atoms with Crippen LogP contribution in [0.2, 0.25) is 0 Å². The normalized spacial score (nSPS) is 25.8. The van der Waals surface area contributed by atoms with E-state index in [1.54, 1.807) is 12.1 Å². The largest absolute Gasteiger partial charge is 0.446 e. The summed E-state index contributed by atoms with van der Waals surface area (Å²) < 4.78 is 25.7. The number of benzene rings is 3. The number of piperidine rings is 1. The minimum Gasteiger partial charge on any atom is -0.446 e. The third kappa shape index (κ3) is 4.63. The maximum Gasteiger partial charge on any atom is 0.410 e. The van der Waals surface area contributed by atoms with Gasteiger partial charge in [0.15, 0.2) is 0 Å². The molecule has 2 bridgehead atoms. The number of ether oxygens (including phenoxy) is 2. The number of carbonyl (C=O) groups is 1. The minimum atomic E-state index is -0.292. The van der Waals surface area contributed by atoms with Crippen molar-refractivity contribution in [1.29, 1.82) is 0 Å². The van der Waals surface area contributed by atoms with Crippen molar-refractivity contribution >= 4 is 6.09 Å². The Morgan fingerprint density at radius 3 is 2.36 bits per heavy atom. The summed E-state index contributed by atoms with van der Waals surface area (Å²) in [5, 5.41) is 0. The second-order valence-electron chi connectivity index (χ2n) is 10.1. The van der Waals surface area contributed by atoms with Crippen molar-refractivity contribution in [2.45, 2.75) is 50.0 Å². The van der Waals surface area contributed by atoms with Crippen LogP contribution >= 0.6 is 0 Å². The van der Waals surface area contributed by atoms with Crippen molar-refractivity contribution in [2.24, 2.45) is 0 Å². The minimum absolute atomic E-state index is 0.144. The van der Waals surface area contributed by atoms with Crippen molar-refractivity contribution < 1.29 is 18.7 Å². The average molecular weight is 487 g/mol. The van der Waals surface area contributed by atoms with E-state index in [0.717, 1.165) is 36.9 Å². The fourth-order valence-electron chi connectivity index (χ4n) is 6.07. The van der Waals surface area contributed by atoms with E-state index in [0.29, 0.717) is 19.8 Å². The summed E-state index contributed by atoms with van der Waals surface area (Å²) in [5.41, 5.74) is 4.48. The van der Waals surface area contributed by atoms with Gasteiger partial charge >= 0.3 is 6.09 Å². The molecule has 2 saturated heterocycles. The van der Waals surface area contributed by atoms with E-state index in [1.807, 2.05) is 23.1 Å². The maximum absolute atomic E-state index is 13.7. The zero-order valence-corrected chi connectivity index (χ0v) is 20.3. The SMILES string of the molecule is O=C(OC1CC2COCC(C1)N2Cc1ccccc1)N1CCc2ccccc2C1c1ccc(F)cc1. The van der Waals surface area contributed by atoms with Crippen LogP contribution in [0.5, 0.6) is 0 Å². The molecular formula is C30H31FN2O3. The number of fused-ring (bicyclic) bond motifs is 3. The Hall–Kier alpha value is -3.22. The zero-order valence-electron chi connectivity index (χ0n) is 20.3. The van der Waals surface area contributed by atoms with Crippen LogP contribution < -0.4 is 0 Å². The predicted molar refractivity (Wildman–Crippen MR) is 135 cm³/mol. The van der Waals surface area contributed by atoms with Gasteiger partial charge in [-0.1, -0.05) is 66.7 Å². The summed E-state index contributed by atoms with van der Waals surface area (Å²) in [5.74, 6) is -0.284. The van der Waals surface area contributed by atoms with Gasteiger partial charge in [-0.2, -0.15) is 0 Å². The molecule has 36 heavy (non-hydrogen) atoms. The van der Waals surface area contributed by atoms with Gasteiger partial charge in [0.25, 0.3) is 0 Å². The quantitative estimate of drug-likeness (QED) is 0.499. The van der Waals surface area contributed by atoms with Crippen molar-refractivity contribution in [2.75, 3.05) is 19.8 Å². The highest BCUT2D eigenvalue weighted by molar-refractivity contribution is 5.70. The highest BCUT2D eigenvalue weighted by Gasteiger charge is 2.42. The van der Waals surface area contributed by atoms with Crippen LogP contribution in [0.4, 0.5) is 9.18 Å². The summed E-state index contributed by atoms with van der Waals surface area (Å²) in [7, 11) is 0. The summed E-state index contributed by atoms with van der Waals surface area (Å²) in [6.45, 7) is 2.77. The molecule has 1 amide bonds. The van der Waals surface area contributed by atoms with E-state index in [1.165, 1.54) is 23.3 Å². The number of amides is 1. The van der Waals surface area contributed by atoms with Crippen molar-refractivity contribution in [1.82, 2.24) is 9.80 Å². The lowest BCUT2D eigenvalue weighted by atomic mass is 9.88. The summed E-state index contributed by atoms with van der Waals surface area (Å²) in [6.07, 6.45) is 1.87. The van der Waals surface area contributed by atoms with Crippen LogP contribution in [0.1, 0.15) is 41.1 Å². The summed E-state index contributed by atoms with van der Waals surface area (Å²) >= 11 is 0. The van der Waals surface area contributed by atoms with Crippen molar-refractivity contribution in [3.8, 4) is 0 Å². The zero-order chi connectivity index (χ0) is 24.5. The molecule has 3 aliphatic heterocycles. The van der Waals surface area contributed by atoms with Gasteiger partial charge in [-0.05, 0) is 40.8 Å². The molecule has 0 aliphatic carbocycles. The first-order valence-corrected chi connectivity index (χ1v) is 12.8. The number of hydrogen-bond donors (Lipinski definition) is 0. The number of halogens is 1. The first-order valence-electron chi connectivity index (χ1n) is 12.8. The second kappa shape index (κ2) is 10.0. The predicted octanol–water partition coefficient (Wildman–Crippen LogP) is 5.34. The number of carbonyl (C=O) groups excluding carboxylic acids is 1. The fraction of sp³-hybridized carbons (Fsp3) is 0.367. The van der Waals surface area contributed by atoms with E-state index in [9.17, 15) is 9.18 Å². The molecule has 6 rings (SSSR count). The van der Waals surface area contributed by atoms with E-state index in [2.05, 4.69) is 41.3 Å². The van der Waals surface area contributed by atoms with Crippen LogP contribution in [0.15, 0.2) is 78.9 Å². The molecule has 6 heteroatoms. The van der Waals surface area contributed by atoms with Gasteiger partial charge in [-0.3, -0.25) is 9.80 Å². The van der Waals surface area contributed by atoms with Crippen molar-refractivity contribution in [3.63, 3.8) is 0 Å². The second-order valence-corrected chi connectivity index (χ2v) is 10.1. The van der Waals surface area contributed by atoms with Crippen LogP contribution in [-0.2, 0) is 22.4 Å². The van der Waals surface area contributed by atoms with E-state index < -0.39 is 0 Å². The van der Waals surface area contributed by atoms with Gasteiger partial charge in [-0.15, -0.1) is 0 Å². The lowest BCUT2D eigenvalue weighted by molar-refractivity contribution is -0.112. The third-order valence-electron chi connectivity index (χ3n) is 7.81. The fourth-order valence-corrected chi connectivity index (χ4v) is 6.07. The lowest BCUT2D eigenvalue weighted by Crippen LogP contribution is -2.58. The maximum atomic E-state index is 13.7. The average Bonchev–Trinajstić information content (AvgIpc) is 2.89. The van der Waals surface area contributed by atoms with Gasteiger partial charge in [0.2, 0.25) is 0 Å². The summed E-state index contributed by atoms with van der Waals surface area (Å²) in [4.78, 5) is 17.9. The third-order valence-corrected chi connectivity index (χ3v) is 7.81. The number of rotatable bonds is 4. The van der Waals surface area contributed by atoms with Gasteiger partial charge in [0.05, 0.1) is 19.3 Å². The molecule has 186 valence electrons. The van der Waals surface area contributed by atoms with Crippen LogP contribution in [0.25, 0.3) is 0 Å². The Kier molecular flexibility index (Phi) is 6.46. The number of hydrogen-bond acceptors (Lipinski definition) is 4. The molecule has 3 aliphatic rings. The van der Waals surface area contributed by atoms with E-state index in [-0.39, 0.29) is 36.1 Å². The molecule has 0 N–H and O–H groups in total. The van der Waals surface area contributed by atoms with Gasteiger partial charge in [-0.25, -0.2) is 9.18 Å². The molecule has 0 saturated carbocycles. The smallest absolute Gasteiger partial charge is 0.410 e.